The van der Waals surface area contributed by atoms with Crippen LogP contribution in [0.15, 0.2) is 30.3 Å². The third kappa shape index (κ3) is 5.63. The van der Waals surface area contributed by atoms with E-state index in [1.165, 1.54) is 21.3 Å². The van der Waals surface area contributed by atoms with Crippen molar-refractivity contribution in [3.63, 3.8) is 0 Å². The normalized spacial score (nSPS) is 10.2. The van der Waals surface area contributed by atoms with Gasteiger partial charge < -0.3 is 24.3 Å². The Morgan fingerprint density at radius 2 is 1.66 bits per heavy atom. The average Bonchev–Trinajstić information content (AvgIpc) is 2.72. The van der Waals surface area contributed by atoms with E-state index in [-0.39, 0.29) is 18.9 Å². The molecule has 2 aromatic carbocycles. The zero-order valence-corrected chi connectivity index (χ0v) is 17.5. The summed E-state index contributed by atoms with van der Waals surface area (Å²) in [5, 5.41) is 2.83. The molecular weight excluding hydrogens is 374 g/mol. The predicted molar refractivity (Wildman–Crippen MR) is 110 cm³/mol. The fourth-order valence-electron chi connectivity index (χ4n) is 2.98. The van der Waals surface area contributed by atoms with Crippen molar-refractivity contribution in [1.29, 1.82) is 0 Å². The van der Waals surface area contributed by atoms with Gasteiger partial charge in [0.25, 0.3) is 5.91 Å². The molecule has 1 amide bonds. The minimum Gasteiger partial charge on any atom is -0.493 e. The van der Waals surface area contributed by atoms with Crippen molar-refractivity contribution < 1.29 is 28.5 Å². The van der Waals surface area contributed by atoms with Crippen molar-refractivity contribution in [1.82, 2.24) is 0 Å². The van der Waals surface area contributed by atoms with Crippen LogP contribution in [-0.2, 0) is 27.2 Å². The molecule has 7 heteroatoms. The summed E-state index contributed by atoms with van der Waals surface area (Å²) in [6, 6.07) is 9.17. The van der Waals surface area contributed by atoms with Crippen LogP contribution >= 0.6 is 0 Å². The Morgan fingerprint density at radius 3 is 2.21 bits per heavy atom. The molecule has 2 aromatic rings. The summed E-state index contributed by atoms with van der Waals surface area (Å²) in [6.45, 7) is 3.58. The maximum atomic E-state index is 12.2. The van der Waals surface area contributed by atoms with Gasteiger partial charge in [0.05, 0.1) is 27.8 Å². The monoisotopic (exact) mass is 401 g/mol. The average molecular weight is 401 g/mol. The Labute approximate surface area is 170 Å². The van der Waals surface area contributed by atoms with Crippen LogP contribution in [-0.4, -0.2) is 39.8 Å². The summed E-state index contributed by atoms with van der Waals surface area (Å²) in [4.78, 5) is 24.4. The van der Waals surface area contributed by atoms with Gasteiger partial charge in [-0.05, 0) is 42.2 Å². The Kier molecular flexibility index (Phi) is 7.88. The van der Waals surface area contributed by atoms with E-state index in [0.717, 1.165) is 23.2 Å². The molecule has 0 aliphatic heterocycles. The minimum absolute atomic E-state index is 0.0332. The summed E-state index contributed by atoms with van der Waals surface area (Å²) >= 11 is 0. The third-order valence-corrected chi connectivity index (χ3v) is 4.44. The number of ether oxygens (including phenoxy) is 4. The molecule has 0 spiro atoms. The Balaban J connectivity index is 1.99. The standard InChI is InChI=1S/C22H27NO6/c1-6-16-9-7-8-14(2)21(16)23-19(24)13-29-20(25)12-15-10-17(26-3)22(28-5)18(11-15)27-4/h7-11H,6,12-13H2,1-5H3,(H,23,24). The predicted octanol–water partition coefficient (Wildman–Crippen LogP) is 3.31. The number of rotatable bonds is 9. The number of carbonyl (C=O) groups is 2. The molecule has 0 aromatic heterocycles. The van der Waals surface area contributed by atoms with Crippen molar-refractivity contribution in [2.75, 3.05) is 33.3 Å². The van der Waals surface area contributed by atoms with E-state index in [1.807, 2.05) is 32.0 Å². The number of aryl methyl sites for hydroxylation is 2. The summed E-state index contributed by atoms with van der Waals surface area (Å²) in [5.74, 6) is 0.414. The Hall–Kier alpha value is -3.22. The molecule has 0 saturated carbocycles. The quantitative estimate of drug-likeness (QED) is 0.649. The molecule has 7 nitrogen and oxygen atoms in total. The molecule has 0 aliphatic rings. The summed E-state index contributed by atoms with van der Waals surface area (Å²) in [7, 11) is 4.51. The number of amides is 1. The van der Waals surface area contributed by atoms with Crippen LogP contribution in [0.25, 0.3) is 0 Å². The molecule has 2 rings (SSSR count). The number of hydrogen-bond acceptors (Lipinski definition) is 6. The van der Waals surface area contributed by atoms with Gasteiger partial charge in [-0.3, -0.25) is 9.59 Å². The first-order chi connectivity index (χ1) is 13.9. The molecule has 0 unspecified atom stereocenters. The van der Waals surface area contributed by atoms with Gasteiger partial charge in [0.1, 0.15) is 0 Å². The number of hydrogen-bond donors (Lipinski definition) is 1. The lowest BCUT2D eigenvalue weighted by molar-refractivity contribution is -0.146. The topological polar surface area (TPSA) is 83.1 Å². The molecule has 0 bridgehead atoms. The Bertz CT molecular complexity index is 853. The van der Waals surface area contributed by atoms with Crippen LogP contribution in [0.5, 0.6) is 17.2 Å². The van der Waals surface area contributed by atoms with E-state index in [2.05, 4.69) is 5.32 Å². The fourth-order valence-corrected chi connectivity index (χ4v) is 2.98. The first-order valence-corrected chi connectivity index (χ1v) is 9.26. The molecule has 0 aliphatic carbocycles. The number of para-hydroxylation sites is 1. The van der Waals surface area contributed by atoms with Gasteiger partial charge in [0.2, 0.25) is 5.75 Å². The van der Waals surface area contributed by atoms with E-state index in [9.17, 15) is 9.59 Å². The molecule has 0 heterocycles. The van der Waals surface area contributed by atoms with E-state index in [1.54, 1.807) is 12.1 Å². The second kappa shape index (κ2) is 10.4. The zero-order chi connectivity index (χ0) is 21.4. The lowest BCUT2D eigenvalue weighted by Gasteiger charge is -2.14. The minimum atomic E-state index is -0.532. The number of anilines is 1. The van der Waals surface area contributed by atoms with E-state index in [4.69, 9.17) is 18.9 Å². The van der Waals surface area contributed by atoms with Crippen LogP contribution < -0.4 is 19.5 Å². The van der Waals surface area contributed by atoms with Gasteiger partial charge in [-0.2, -0.15) is 0 Å². The first-order valence-electron chi connectivity index (χ1n) is 9.26. The first kappa shape index (κ1) is 22.1. The van der Waals surface area contributed by atoms with Crippen molar-refractivity contribution in [3.05, 3.63) is 47.0 Å². The molecular formula is C22H27NO6. The molecule has 0 atom stereocenters. The number of methoxy groups -OCH3 is 3. The number of nitrogens with one attached hydrogen (secondary N) is 1. The van der Waals surface area contributed by atoms with Crippen molar-refractivity contribution in [3.8, 4) is 17.2 Å². The van der Waals surface area contributed by atoms with Crippen LogP contribution in [0.4, 0.5) is 5.69 Å². The van der Waals surface area contributed by atoms with Gasteiger partial charge in [-0.1, -0.05) is 25.1 Å². The van der Waals surface area contributed by atoms with Gasteiger partial charge in [0, 0.05) is 5.69 Å². The van der Waals surface area contributed by atoms with Crippen LogP contribution in [0.2, 0.25) is 0 Å². The van der Waals surface area contributed by atoms with E-state index < -0.39 is 5.97 Å². The van der Waals surface area contributed by atoms with Gasteiger partial charge in [0.15, 0.2) is 18.1 Å². The highest BCUT2D eigenvalue weighted by Crippen LogP contribution is 2.38. The van der Waals surface area contributed by atoms with Crippen LogP contribution in [0.3, 0.4) is 0 Å². The highest BCUT2D eigenvalue weighted by Gasteiger charge is 2.16. The number of carbonyl (C=O) groups excluding carboxylic acids is 2. The molecule has 29 heavy (non-hydrogen) atoms. The largest absolute Gasteiger partial charge is 0.493 e. The summed E-state index contributed by atoms with van der Waals surface area (Å²) < 4.78 is 21.0. The van der Waals surface area contributed by atoms with Crippen molar-refractivity contribution >= 4 is 17.6 Å². The zero-order valence-electron chi connectivity index (χ0n) is 17.5. The molecule has 1 N–H and O–H groups in total. The van der Waals surface area contributed by atoms with E-state index >= 15 is 0 Å². The maximum absolute atomic E-state index is 12.2. The Morgan fingerprint density at radius 1 is 1.00 bits per heavy atom. The second-order valence-corrected chi connectivity index (χ2v) is 6.38. The summed E-state index contributed by atoms with van der Waals surface area (Å²) in [6.07, 6.45) is 0.757. The highest BCUT2D eigenvalue weighted by atomic mass is 16.5. The SMILES string of the molecule is CCc1cccc(C)c1NC(=O)COC(=O)Cc1cc(OC)c(OC)c(OC)c1. The second-order valence-electron chi connectivity index (χ2n) is 6.38. The van der Waals surface area contributed by atoms with Crippen molar-refractivity contribution in [2.45, 2.75) is 26.7 Å². The maximum Gasteiger partial charge on any atom is 0.310 e. The van der Waals surface area contributed by atoms with Crippen LogP contribution in [0.1, 0.15) is 23.6 Å². The van der Waals surface area contributed by atoms with Crippen molar-refractivity contribution in [2.24, 2.45) is 0 Å². The molecule has 0 fully saturated rings. The molecule has 0 saturated heterocycles. The summed E-state index contributed by atoms with van der Waals surface area (Å²) in [5.41, 5.74) is 3.38. The fraction of sp³-hybridized carbons (Fsp3) is 0.364. The smallest absolute Gasteiger partial charge is 0.310 e. The molecule has 156 valence electrons. The van der Waals surface area contributed by atoms with Gasteiger partial charge >= 0.3 is 5.97 Å². The third-order valence-electron chi connectivity index (χ3n) is 4.44. The lowest BCUT2D eigenvalue weighted by Crippen LogP contribution is -2.22. The lowest BCUT2D eigenvalue weighted by atomic mass is 10.1. The molecule has 0 radical (unpaired) electrons. The number of benzene rings is 2. The van der Waals surface area contributed by atoms with Gasteiger partial charge in [-0.25, -0.2) is 0 Å². The van der Waals surface area contributed by atoms with E-state index in [0.29, 0.717) is 22.8 Å². The van der Waals surface area contributed by atoms with Gasteiger partial charge in [-0.15, -0.1) is 0 Å². The van der Waals surface area contributed by atoms with Crippen LogP contribution in [0, 0.1) is 6.92 Å². The highest BCUT2D eigenvalue weighted by molar-refractivity contribution is 5.94. The number of esters is 1.